The zero-order valence-corrected chi connectivity index (χ0v) is 20.4. The van der Waals surface area contributed by atoms with E-state index in [0.29, 0.717) is 18.7 Å². The molecule has 0 radical (unpaired) electrons. The third kappa shape index (κ3) is 3.98. The molecular weight excluding hydrogens is 426 g/mol. The minimum absolute atomic E-state index is 0.455. The predicted molar refractivity (Wildman–Crippen MR) is 135 cm³/mol. The summed E-state index contributed by atoms with van der Waals surface area (Å²) in [5, 5.41) is 8.59. The van der Waals surface area contributed by atoms with Gasteiger partial charge in [-0.15, -0.1) is 0 Å². The van der Waals surface area contributed by atoms with Crippen molar-refractivity contribution in [1.82, 2.24) is 25.1 Å². The number of aryl methyl sites for hydroxylation is 1. The lowest BCUT2D eigenvalue weighted by molar-refractivity contribution is 0.187. The molecule has 34 heavy (non-hydrogen) atoms. The van der Waals surface area contributed by atoms with Crippen LogP contribution in [-0.2, 0) is 13.0 Å². The number of rotatable bonds is 5. The molecule has 0 aliphatic carbocycles. The van der Waals surface area contributed by atoms with Crippen molar-refractivity contribution in [2.45, 2.75) is 58.0 Å². The molecule has 1 N–H and O–H groups in total. The Bertz CT molecular complexity index is 1170. The second kappa shape index (κ2) is 9.06. The Kier molecular flexibility index (Phi) is 5.77. The minimum atomic E-state index is 0.455. The van der Waals surface area contributed by atoms with Gasteiger partial charge in [-0.2, -0.15) is 15.1 Å². The molecule has 5 heterocycles. The van der Waals surface area contributed by atoms with Gasteiger partial charge in [-0.3, -0.25) is 5.10 Å². The first-order chi connectivity index (χ1) is 16.7. The van der Waals surface area contributed by atoms with Crippen LogP contribution in [0.25, 0.3) is 10.9 Å². The molecule has 0 saturated carbocycles. The molecule has 6 rings (SSSR count). The van der Waals surface area contributed by atoms with Gasteiger partial charge in [0.05, 0.1) is 29.6 Å². The maximum Gasteiger partial charge on any atom is 0.318 e. The number of hydrogen-bond donors (Lipinski definition) is 1. The van der Waals surface area contributed by atoms with Gasteiger partial charge in [-0.25, -0.2) is 0 Å². The summed E-state index contributed by atoms with van der Waals surface area (Å²) in [5.74, 6) is 1.11. The highest BCUT2D eigenvalue weighted by Gasteiger charge is 2.29. The fraction of sp³-hybridized carbons (Fsp3) is 0.577. The molecule has 2 aromatic heterocycles. The highest BCUT2D eigenvalue weighted by Crippen LogP contribution is 2.36. The van der Waals surface area contributed by atoms with Crippen molar-refractivity contribution < 1.29 is 4.74 Å². The van der Waals surface area contributed by atoms with Crippen molar-refractivity contribution >= 4 is 22.4 Å². The topological polar surface area (TPSA) is 73.4 Å². The lowest BCUT2D eigenvalue weighted by Crippen LogP contribution is -2.36. The van der Waals surface area contributed by atoms with Gasteiger partial charge >= 0.3 is 6.01 Å². The van der Waals surface area contributed by atoms with Crippen molar-refractivity contribution in [2.75, 3.05) is 49.6 Å². The number of likely N-dealkylation sites (N-methyl/N-ethyl adjacent to an activating group) is 1. The minimum Gasteiger partial charge on any atom is -0.462 e. The zero-order chi connectivity index (χ0) is 23.1. The number of hydrogen-bond acceptors (Lipinski definition) is 7. The van der Waals surface area contributed by atoms with E-state index in [1.165, 1.54) is 54.3 Å². The van der Waals surface area contributed by atoms with Crippen LogP contribution in [0.4, 0.5) is 11.5 Å². The number of H-pyrrole nitrogens is 1. The van der Waals surface area contributed by atoms with E-state index in [-0.39, 0.29) is 0 Å². The summed E-state index contributed by atoms with van der Waals surface area (Å²) >= 11 is 0. The summed E-state index contributed by atoms with van der Waals surface area (Å²) < 4.78 is 6.26. The van der Waals surface area contributed by atoms with Gasteiger partial charge in [-0.05, 0) is 70.7 Å². The van der Waals surface area contributed by atoms with E-state index in [1.807, 2.05) is 6.20 Å². The lowest BCUT2D eigenvalue weighted by Gasteiger charge is -2.35. The van der Waals surface area contributed by atoms with Crippen LogP contribution < -0.4 is 14.5 Å². The Balaban J connectivity index is 1.33. The maximum absolute atomic E-state index is 6.26. The molecule has 8 nitrogen and oxygen atoms in total. The number of fused-ring (bicyclic) bond motifs is 2. The van der Waals surface area contributed by atoms with Crippen molar-refractivity contribution in [2.24, 2.45) is 0 Å². The summed E-state index contributed by atoms with van der Waals surface area (Å²) in [4.78, 5) is 17.3. The van der Waals surface area contributed by atoms with E-state index in [0.717, 1.165) is 56.2 Å². The van der Waals surface area contributed by atoms with Crippen molar-refractivity contribution in [3.63, 3.8) is 0 Å². The number of nitrogens with one attached hydrogen (secondary N) is 1. The number of ether oxygens (including phenoxy) is 1. The second-order valence-corrected chi connectivity index (χ2v) is 10.1. The number of nitrogens with zero attached hydrogens (tertiary/aromatic N) is 6. The smallest absolute Gasteiger partial charge is 0.318 e. The number of aromatic amines is 1. The van der Waals surface area contributed by atoms with Crippen LogP contribution in [0.15, 0.2) is 18.3 Å². The maximum atomic E-state index is 6.26. The SMILES string of the molecule is Cc1ccc2[nH]ncc2c1N1CCc2c(nc(OC[C@@H]3CCCN3C)nc2N2CCCCC2)C1. The first-order valence-electron chi connectivity index (χ1n) is 12.8. The fourth-order valence-corrected chi connectivity index (χ4v) is 5.90. The molecule has 1 atom stereocenters. The zero-order valence-electron chi connectivity index (χ0n) is 20.4. The Labute approximate surface area is 201 Å². The Morgan fingerprint density at radius 1 is 1.03 bits per heavy atom. The van der Waals surface area contributed by atoms with Crippen LogP contribution in [0.1, 0.15) is 48.9 Å². The summed E-state index contributed by atoms with van der Waals surface area (Å²) in [6.07, 6.45) is 9.08. The van der Waals surface area contributed by atoms with E-state index in [2.05, 4.69) is 51.0 Å². The van der Waals surface area contributed by atoms with Crippen LogP contribution in [0.3, 0.4) is 0 Å². The van der Waals surface area contributed by atoms with E-state index in [9.17, 15) is 0 Å². The largest absolute Gasteiger partial charge is 0.462 e. The highest BCUT2D eigenvalue weighted by atomic mass is 16.5. The van der Waals surface area contributed by atoms with Crippen LogP contribution in [0.5, 0.6) is 6.01 Å². The number of likely N-dealkylation sites (tertiary alicyclic amines) is 1. The summed E-state index contributed by atoms with van der Waals surface area (Å²) in [7, 11) is 2.19. The number of benzene rings is 1. The predicted octanol–water partition coefficient (Wildman–Crippen LogP) is 3.69. The van der Waals surface area contributed by atoms with Crippen molar-refractivity contribution in [3.8, 4) is 6.01 Å². The van der Waals surface area contributed by atoms with Gasteiger partial charge in [0.25, 0.3) is 0 Å². The van der Waals surface area contributed by atoms with E-state index < -0.39 is 0 Å². The molecule has 0 unspecified atom stereocenters. The molecule has 2 saturated heterocycles. The van der Waals surface area contributed by atoms with Crippen LogP contribution in [0, 0.1) is 6.92 Å². The number of anilines is 2. The summed E-state index contributed by atoms with van der Waals surface area (Å²) in [6, 6.07) is 5.29. The van der Waals surface area contributed by atoms with Crippen LogP contribution in [0.2, 0.25) is 0 Å². The Morgan fingerprint density at radius 2 is 1.91 bits per heavy atom. The molecule has 180 valence electrons. The molecular formula is C26H35N7O. The van der Waals surface area contributed by atoms with Gasteiger partial charge in [-0.1, -0.05) is 6.07 Å². The third-order valence-electron chi connectivity index (χ3n) is 7.87. The van der Waals surface area contributed by atoms with Gasteiger partial charge in [0.2, 0.25) is 0 Å². The van der Waals surface area contributed by atoms with Crippen molar-refractivity contribution in [1.29, 1.82) is 0 Å². The van der Waals surface area contributed by atoms with Crippen LogP contribution in [-0.4, -0.2) is 70.9 Å². The van der Waals surface area contributed by atoms with Gasteiger partial charge < -0.3 is 19.4 Å². The Morgan fingerprint density at radius 3 is 2.74 bits per heavy atom. The first kappa shape index (κ1) is 21.6. The monoisotopic (exact) mass is 461 g/mol. The molecule has 3 aromatic rings. The van der Waals surface area contributed by atoms with Gasteiger partial charge in [0, 0.05) is 36.6 Å². The quantitative estimate of drug-likeness (QED) is 0.621. The average molecular weight is 462 g/mol. The highest BCUT2D eigenvalue weighted by molar-refractivity contribution is 5.93. The molecule has 0 amide bonds. The Hall–Kier alpha value is -2.87. The van der Waals surface area contributed by atoms with E-state index in [4.69, 9.17) is 14.7 Å². The van der Waals surface area contributed by atoms with E-state index in [1.54, 1.807) is 0 Å². The van der Waals surface area contributed by atoms with Gasteiger partial charge in [0.15, 0.2) is 0 Å². The molecule has 3 aliphatic rings. The first-order valence-corrected chi connectivity index (χ1v) is 12.8. The lowest BCUT2D eigenvalue weighted by atomic mass is 10.0. The third-order valence-corrected chi connectivity index (χ3v) is 7.87. The number of piperidine rings is 1. The number of aromatic nitrogens is 4. The fourth-order valence-electron chi connectivity index (χ4n) is 5.90. The average Bonchev–Trinajstić information content (AvgIpc) is 3.51. The molecule has 8 heteroatoms. The molecule has 0 spiro atoms. The summed E-state index contributed by atoms with van der Waals surface area (Å²) in [5.41, 5.74) is 6.01. The molecule has 1 aromatic carbocycles. The summed E-state index contributed by atoms with van der Waals surface area (Å²) in [6.45, 7) is 7.86. The normalized spacial score (nSPS) is 21.3. The molecule has 0 bridgehead atoms. The molecule has 3 aliphatic heterocycles. The molecule has 2 fully saturated rings. The van der Waals surface area contributed by atoms with Crippen molar-refractivity contribution in [3.05, 3.63) is 35.2 Å². The van der Waals surface area contributed by atoms with E-state index >= 15 is 0 Å². The standard InChI is InChI=1S/C26H35N7O/c1-18-8-9-22-21(15-27-30-22)24(18)33-14-10-20-23(16-33)28-26(34-17-19-7-6-11-31(19)2)29-25(20)32-12-4-3-5-13-32/h8-9,15,19H,3-7,10-14,16-17H2,1-2H3,(H,27,30)/t19-/m0/s1. The van der Waals surface area contributed by atoms with Gasteiger partial charge in [0.1, 0.15) is 12.4 Å². The second-order valence-electron chi connectivity index (χ2n) is 10.1. The van der Waals surface area contributed by atoms with Crippen LogP contribution >= 0.6 is 0 Å².